The maximum atomic E-state index is 10.3. The number of aliphatic carboxylic acids is 2. The van der Waals surface area contributed by atoms with Gasteiger partial charge in [-0.1, -0.05) is 25.7 Å². The van der Waals surface area contributed by atoms with E-state index in [1.807, 2.05) is 11.8 Å². The van der Waals surface area contributed by atoms with E-state index in [-0.39, 0.29) is 0 Å². The number of rotatable bonds is 14. The number of unbranched alkanes of at least 4 members (excludes halogenated alkanes) is 6. The summed E-state index contributed by atoms with van der Waals surface area (Å²) in [6.07, 6.45) is 8.80. The van der Waals surface area contributed by atoms with Crippen molar-refractivity contribution in [1.29, 1.82) is 0 Å². The van der Waals surface area contributed by atoms with E-state index >= 15 is 0 Å². The average Bonchev–Trinajstić information content (AvgIpc) is 2.34. The number of carboxylic acids is 2. The van der Waals surface area contributed by atoms with Crippen LogP contribution in [0.25, 0.3) is 0 Å². The van der Waals surface area contributed by atoms with Gasteiger partial charge in [0.15, 0.2) is 0 Å². The zero-order valence-corrected chi connectivity index (χ0v) is 12.4. The van der Waals surface area contributed by atoms with Crippen LogP contribution in [0, 0.1) is 0 Å². The molecule has 0 atom stereocenters. The summed E-state index contributed by atoms with van der Waals surface area (Å²) in [5.41, 5.74) is 0. The summed E-state index contributed by atoms with van der Waals surface area (Å²) in [5, 5.41) is 16.9. The highest BCUT2D eigenvalue weighted by molar-refractivity contribution is 7.99. The van der Waals surface area contributed by atoms with Gasteiger partial charge in [0.2, 0.25) is 0 Å². The third kappa shape index (κ3) is 17.3. The highest BCUT2D eigenvalue weighted by Gasteiger charge is 1.98. The standard InChI is InChI=1S/C14H26O4S/c15-13(16)9-5-1-3-7-11-19-12-8-4-2-6-10-14(17)18/h1-12H2,(H,15,16)(H,17,18). The molecule has 4 nitrogen and oxygen atoms in total. The molecule has 19 heavy (non-hydrogen) atoms. The van der Waals surface area contributed by atoms with E-state index in [1.165, 1.54) is 12.8 Å². The first-order chi connectivity index (χ1) is 9.13. The fourth-order valence-corrected chi connectivity index (χ4v) is 2.79. The van der Waals surface area contributed by atoms with Crippen LogP contribution in [0.4, 0.5) is 0 Å². The van der Waals surface area contributed by atoms with Crippen LogP contribution in [0.1, 0.15) is 64.2 Å². The van der Waals surface area contributed by atoms with Crippen LogP contribution in [0.3, 0.4) is 0 Å². The molecular weight excluding hydrogens is 264 g/mol. The Balaban J connectivity index is 2.99. The molecule has 0 heterocycles. The van der Waals surface area contributed by atoms with Crippen LogP contribution in [-0.4, -0.2) is 33.7 Å². The van der Waals surface area contributed by atoms with E-state index in [9.17, 15) is 9.59 Å². The van der Waals surface area contributed by atoms with Crippen LogP contribution in [0.15, 0.2) is 0 Å². The van der Waals surface area contributed by atoms with E-state index in [0.717, 1.165) is 50.0 Å². The Kier molecular flexibility index (Phi) is 13.2. The van der Waals surface area contributed by atoms with Crippen molar-refractivity contribution >= 4 is 23.7 Å². The molecule has 0 aliphatic rings. The largest absolute Gasteiger partial charge is 0.481 e. The molecule has 0 radical (unpaired) electrons. The predicted molar refractivity (Wildman–Crippen MR) is 78.8 cm³/mol. The minimum absolute atomic E-state index is 0.295. The maximum absolute atomic E-state index is 10.3. The van der Waals surface area contributed by atoms with Gasteiger partial charge in [0.1, 0.15) is 0 Å². The molecule has 0 aromatic rings. The zero-order valence-electron chi connectivity index (χ0n) is 11.6. The fraction of sp³-hybridized carbons (Fsp3) is 0.857. The highest BCUT2D eigenvalue weighted by Crippen LogP contribution is 2.12. The van der Waals surface area contributed by atoms with Crippen LogP contribution in [-0.2, 0) is 9.59 Å². The van der Waals surface area contributed by atoms with Crippen molar-refractivity contribution in [3.8, 4) is 0 Å². The molecule has 0 saturated carbocycles. The smallest absolute Gasteiger partial charge is 0.303 e. The van der Waals surface area contributed by atoms with Gasteiger partial charge in [-0.25, -0.2) is 0 Å². The summed E-state index contributed by atoms with van der Waals surface area (Å²) in [6.45, 7) is 0. The molecule has 112 valence electrons. The maximum Gasteiger partial charge on any atom is 0.303 e. The van der Waals surface area contributed by atoms with Gasteiger partial charge in [-0.2, -0.15) is 11.8 Å². The van der Waals surface area contributed by atoms with E-state index in [2.05, 4.69) is 0 Å². The normalized spacial score (nSPS) is 10.5. The lowest BCUT2D eigenvalue weighted by molar-refractivity contribution is -0.138. The molecule has 0 fully saturated rings. The van der Waals surface area contributed by atoms with Gasteiger partial charge in [0.05, 0.1) is 0 Å². The van der Waals surface area contributed by atoms with Crippen LogP contribution >= 0.6 is 11.8 Å². The fourth-order valence-electron chi connectivity index (χ4n) is 1.77. The molecule has 0 aliphatic carbocycles. The second kappa shape index (κ2) is 13.7. The lowest BCUT2D eigenvalue weighted by atomic mass is 10.1. The second-order valence-corrected chi connectivity index (χ2v) is 5.95. The Morgan fingerprint density at radius 2 is 1.00 bits per heavy atom. The Morgan fingerprint density at radius 1 is 0.632 bits per heavy atom. The predicted octanol–water partition coefficient (Wildman–Crippen LogP) is 3.79. The quantitative estimate of drug-likeness (QED) is 0.476. The summed E-state index contributed by atoms with van der Waals surface area (Å²) in [7, 11) is 0. The molecule has 0 saturated heterocycles. The molecule has 0 aliphatic heterocycles. The van der Waals surface area contributed by atoms with Crippen molar-refractivity contribution in [1.82, 2.24) is 0 Å². The summed E-state index contributed by atoms with van der Waals surface area (Å²) in [4.78, 5) is 20.6. The van der Waals surface area contributed by atoms with Crippen molar-refractivity contribution in [2.45, 2.75) is 64.2 Å². The van der Waals surface area contributed by atoms with Gasteiger partial charge in [-0.15, -0.1) is 0 Å². The summed E-state index contributed by atoms with van der Waals surface area (Å²) >= 11 is 1.95. The third-order valence-corrected chi connectivity index (χ3v) is 4.01. The van der Waals surface area contributed by atoms with Gasteiger partial charge in [0, 0.05) is 12.8 Å². The number of hydrogen-bond acceptors (Lipinski definition) is 3. The Morgan fingerprint density at radius 3 is 1.37 bits per heavy atom. The summed E-state index contributed by atoms with van der Waals surface area (Å²) in [6, 6.07) is 0. The molecule has 0 aromatic carbocycles. The van der Waals surface area contributed by atoms with Crippen molar-refractivity contribution in [3.63, 3.8) is 0 Å². The molecule has 0 rings (SSSR count). The van der Waals surface area contributed by atoms with E-state index in [1.54, 1.807) is 0 Å². The molecule has 0 amide bonds. The van der Waals surface area contributed by atoms with Gasteiger partial charge in [-0.3, -0.25) is 9.59 Å². The number of carboxylic acid groups (broad SMARTS) is 2. The van der Waals surface area contributed by atoms with E-state index in [4.69, 9.17) is 10.2 Å². The van der Waals surface area contributed by atoms with Gasteiger partial charge in [-0.05, 0) is 37.2 Å². The van der Waals surface area contributed by atoms with Gasteiger partial charge in [0.25, 0.3) is 0 Å². The van der Waals surface area contributed by atoms with Crippen molar-refractivity contribution < 1.29 is 19.8 Å². The first-order valence-corrected chi connectivity index (χ1v) is 8.29. The molecule has 5 heteroatoms. The van der Waals surface area contributed by atoms with Crippen LogP contribution in [0.5, 0.6) is 0 Å². The lowest BCUT2D eigenvalue weighted by Crippen LogP contribution is -1.94. The Hall–Kier alpha value is -0.710. The highest BCUT2D eigenvalue weighted by atomic mass is 32.2. The summed E-state index contributed by atoms with van der Waals surface area (Å²) < 4.78 is 0. The Bertz CT molecular complexity index is 220. The number of carbonyl (C=O) groups is 2. The van der Waals surface area contributed by atoms with E-state index in [0.29, 0.717) is 12.8 Å². The molecule has 0 spiro atoms. The zero-order chi connectivity index (χ0) is 14.3. The summed E-state index contributed by atoms with van der Waals surface area (Å²) in [5.74, 6) is 0.916. The first kappa shape index (κ1) is 18.3. The minimum atomic E-state index is -0.697. The van der Waals surface area contributed by atoms with Crippen LogP contribution < -0.4 is 0 Å². The third-order valence-electron chi connectivity index (χ3n) is 2.86. The monoisotopic (exact) mass is 290 g/mol. The Labute approximate surface area is 120 Å². The topological polar surface area (TPSA) is 74.6 Å². The van der Waals surface area contributed by atoms with Crippen molar-refractivity contribution in [2.75, 3.05) is 11.5 Å². The molecule has 0 bridgehead atoms. The molecule has 0 unspecified atom stereocenters. The van der Waals surface area contributed by atoms with E-state index < -0.39 is 11.9 Å². The number of hydrogen-bond donors (Lipinski definition) is 2. The van der Waals surface area contributed by atoms with Gasteiger partial charge >= 0.3 is 11.9 Å². The lowest BCUT2D eigenvalue weighted by Gasteiger charge is -2.02. The van der Waals surface area contributed by atoms with Crippen molar-refractivity contribution in [2.24, 2.45) is 0 Å². The second-order valence-electron chi connectivity index (χ2n) is 4.73. The average molecular weight is 290 g/mol. The molecular formula is C14H26O4S. The van der Waals surface area contributed by atoms with Crippen LogP contribution in [0.2, 0.25) is 0 Å². The SMILES string of the molecule is O=C(O)CCCCCCSCCCCCCC(=O)O. The van der Waals surface area contributed by atoms with Gasteiger partial charge < -0.3 is 10.2 Å². The first-order valence-electron chi connectivity index (χ1n) is 7.14. The minimum Gasteiger partial charge on any atom is -0.481 e. The molecule has 0 aromatic heterocycles. The molecule has 2 N–H and O–H groups in total. The number of thioether (sulfide) groups is 1. The van der Waals surface area contributed by atoms with Crippen molar-refractivity contribution in [3.05, 3.63) is 0 Å².